The standard InChI is InChI=1S/C8H10F2O/c9-8(10)5-6-3-1-2-4-7(6)11/h5-6H,1-4H2. The SMILES string of the molecule is O=C1CCCCC1C=C(F)F. The van der Waals surface area contributed by atoms with E-state index in [1.807, 2.05) is 0 Å². The van der Waals surface area contributed by atoms with Crippen molar-refractivity contribution in [3.05, 3.63) is 12.2 Å². The minimum atomic E-state index is -1.73. The van der Waals surface area contributed by atoms with Gasteiger partial charge in [0.1, 0.15) is 5.78 Å². The van der Waals surface area contributed by atoms with Crippen LogP contribution in [0.25, 0.3) is 0 Å². The van der Waals surface area contributed by atoms with Gasteiger partial charge in [0.15, 0.2) is 0 Å². The van der Waals surface area contributed by atoms with Gasteiger partial charge in [0, 0.05) is 12.3 Å². The molecule has 11 heavy (non-hydrogen) atoms. The van der Waals surface area contributed by atoms with Crippen LogP contribution >= 0.6 is 0 Å². The first-order chi connectivity index (χ1) is 5.20. The van der Waals surface area contributed by atoms with Gasteiger partial charge in [-0.1, -0.05) is 6.42 Å². The molecule has 0 N–H and O–H groups in total. The molecule has 0 amide bonds. The zero-order valence-corrected chi connectivity index (χ0v) is 6.15. The van der Waals surface area contributed by atoms with Crippen LogP contribution in [-0.4, -0.2) is 5.78 Å². The molecule has 0 aliphatic heterocycles. The van der Waals surface area contributed by atoms with E-state index >= 15 is 0 Å². The maximum Gasteiger partial charge on any atom is 0.267 e. The van der Waals surface area contributed by atoms with Crippen molar-refractivity contribution < 1.29 is 13.6 Å². The van der Waals surface area contributed by atoms with Crippen molar-refractivity contribution >= 4 is 5.78 Å². The highest BCUT2D eigenvalue weighted by Crippen LogP contribution is 2.23. The first-order valence-corrected chi connectivity index (χ1v) is 3.75. The predicted octanol–water partition coefficient (Wildman–Crippen LogP) is 2.53. The van der Waals surface area contributed by atoms with E-state index in [1.54, 1.807) is 0 Å². The fourth-order valence-corrected chi connectivity index (χ4v) is 1.34. The lowest BCUT2D eigenvalue weighted by atomic mass is 9.88. The zero-order valence-electron chi connectivity index (χ0n) is 6.15. The predicted molar refractivity (Wildman–Crippen MR) is 37.3 cm³/mol. The molecule has 0 saturated heterocycles. The highest BCUT2D eigenvalue weighted by Gasteiger charge is 2.20. The molecule has 62 valence electrons. The summed E-state index contributed by atoms with van der Waals surface area (Å²) >= 11 is 0. The van der Waals surface area contributed by atoms with Crippen LogP contribution in [0.1, 0.15) is 25.7 Å². The van der Waals surface area contributed by atoms with Gasteiger partial charge in [0.05, 0.1) is 0 Å². The molecule has 0 spiro atoms. The van der Waals surface area contributed by atoms with Crippen molar-refractivity contribution in [2.45, 2.75) is 25.7 Å². The Morgan fingerprint density at radius 1 is 1.45 bits per heavy atom. The molecule has 0 heterocycles. The topological polar surface area (TPSA) is 17.1 Å². The molecule has 3 heteroatoms. The molecule has 0 aromatic carbocycles. The number of Topliss-reactive ketones (excluding diaryl/α,β-unsaturated/α-hetero) is 1. The molecule has 1 rings (SSSR count). The van der Waals surface area contributed by atoms with Crippen LogP contribution < -0.4 is 0 Å². The largest absolute Gasteiger partial charge is 0.299 e. The maximum atomic E-state index is 11.7. The Hall–Kier alpha value is -0.730. The molecule has 1 aliphatic carbocycles. The summed E-state index contributed by atoms with van der Waals surface area (Å²) in [7, 11) is 0. The summed E-state index contributed by atoms with van der Waals surface area (Å²) in [4.78, 5) is 11.0. The Kier molecular flexibility index (Phi) is 2.74. The first kappa shape index (κ1) is 8.37. The van der Waals surface area contributed by atoms with Gasteiger partial charge in [-0.2, -0.15) is 8.78 Å². The van der Waals surface area contributed by atoms with Crippen LogP contribution in [0, 0.1) is 5.92 Å². The summed E-state index contributed by atoms with van der Waals surface area (Å²) < 4.78 is 23.4. The normalized spacial score (nSPS) is 24.9. The molecule has 1 unspecified atom stereocenters. The van der Waals surface area contributed by atoms with Gasteiger partial charge >= 0.3 is 0 Å². The van der Waals surface area contributed by atoms with Gasteiger partial charge in [-0.15, -0.1) is 0 Å². The fraction of sp³-hybridized carbons (Fsp3) is 0.625. The second-order valence-corrected chi connectivity index (χ2v) is 2.77. The van der Waals surface area contributed by atoms with Crippen LogP contribution in [-0.2, 0) is 4.79 Å². The maximum absolute atomic E-state index is 11.7. The Morgan fingerprint density at radius 3 is 2.73 bits per heavy atom. The second-order valence-electron chi connectivity index (χ2n) is 2.77. The van der Waals surface area contributed by atoms with E-state index in [2.05, 4.69) is 0 Å². The Morgan fingerprint density at radius 2 is 2.18 bits per heavy atom. The van der Waals surface area contributed by atoms with Crippen molar-refractivity contribution in [1.29, 1.82) is 0 Å². The lowest BCUT2D eigenvalue weighted by Gasteiger charge is -2.15. The third kappa shape index (κ3) is 2.41. The Bertz CT molecular complexity index is 183. The average molecular weight is 160 g/mol. The number of hydrogen-bond acceptors (Lipinski definition) is 1. The lowest BCUT2D eigenvalue weighted by molar-refractivity contribution is -0.123. The molecule has 1 atom stereocenters. The van der Waals surface area contributed by atoms with Crippen LogP contribution in [0.5, 0.6) is 0 Å². The quantitative estimate of drug-likeness (QED) is 0.576. The second kappa shape index (κ2) is 3.60. The van der Waals surface area contributed by atoms with E-state index in [1.165, 1.54) is 0 Å². The number of halogens is 2. The van der Waals surface area contributed by atoms with Gasteiger partial charge in [-0.05, 0) is 18.9 Å². The van der Waals surface area contributed by atoms with E-state index in [9.17, 15) is 13.6 Å². The number of hydrogen-bond donors (Lipinski definition) is 0. The van der Waals surface area contributed by atoms with Crippen molar-refractivity contribution in [1.82, 2.24) is 0 Å². The number of allylic oxidation sites excluding steroid dienone is 1. The van der Waals surface area contributed by atoms with E-state index in [4.69, 9.17) is 0 Å². The Balaban J connectivity index is 2.55. The molecule has 0 radical (unpaired) electrons. The van der Waals surface area contributed by atoms with Crippen LogP contribution in [0.2, 0.25) is 0 Å². The van der Waals surface area contributed by atoms with E-state index in [-0.39, 0.29) is 5.78 Å². The van der Waals surface area contributed by atoms with Gasteiger partial charge in [0.25, 0.3) is 6.08 Å². The molecular weight excluding hydrogens is 150 g/mol. The number of carbonyl (C=O) groups excluding carboxylic acids is 1. The van der Waals surface area contributed by atoms with Crippen molar-refractivity contribution in [3.63, 3.8) is 0 Å². The van der Waals surface area contributed by atoms with Crippen molar-refractivity contribution in [2.75, 3.05) is 0 Å². The fourth-order valence-electron chi connectivity index (χ4n) is 1.34. The summed E-state index contributed by atoms with van der Waals surface area (Å²) in [6.45, 7) is 0. The van der Waals surface area contributed by atoms with Gasteiger partial charge in [0.2, 0.25) is 0 Å². The lowest BCUT2D eigenvalue weighted by Crippen LogP contribution is -2.16. The molecule has 1 saturated carbocycles. The molecule has 0 bridgehead atoms. The average Bonchev–Trinajstić information content (AvgIpc) is 1.93. The summed E-state index contributed by atoms with van der Waals surface area (Å²) in [5.74, 6) is -0.544. The highest BCUT2D eigenvalue weighted by molar-refractivity contribution is 5.83. The minimum Gasteiger partial charge on any atom is -0.299 e. The third-order valence-corrected chi connectivity index (χ3v) is 1.93. The molecule has 0 aromatic heterocycles. The summed E-state index contributed by atoms with van der Waals surface area (Å²) in [6, 6.07) is 0. The van der Waals surface area contributed by atoms with Crippen LogP contribution in [0.15, 0.2) is 12.2 Å². The molecule has 0 aromatic rings. The van der Waals surface area contributed by atoms with Crippen LogP contribution in [0.4, 0.5) is 8.78 Å². The smallest absolute Gasteiger partial charge is 0.267 e. The van der Waals surface area contributed by atoms with E-state index in [0.717, 1.165) is 18.9 Å². The van der Waals surface area contributed by atoms with E-state index in [0.29, 0.717) is 12.8 Å². The van der Waals surface area contributed by atoms with Crippen molar-refractivity contribution in [3.8, 4) is 0 Å². The Labute approximate surface area is 64.1 Å². The summed E-state index contributed by atoms with van der Waals surface area (Å²) in [5.41, 5.74) is 0. The highest BCUT2D eigenvalue weighted by atomic mass is 19.3. The molecule has 1 aliphatic rings. The molecule has 1 nitrogen and oxygen atoms in total. The molecular formula is C8H10F2O. The third-order valence-electron chi connectivity index (χ3n) is 1.93. The van der Waals surface area contributed by atoms with E-state index < -0.39 is 12.0 Å². The minimum absolute atomic E-state index is 0.0379. The van der Waals surface area contributed by atoms with Gasteiger partial charge in [-0.25, -0.2) is 0 Å². The number of carbonyl (C=O) groups is 1. The monoisotopic (exact) mass is 160 g/mol. The van der Waals surface area contributed by atoms with Gasteiger partial charge < -0.3 is 0 Å². The van der Waals surface area contributed by atoms with Crippen LogP contribution in [0.3, 0.4) is 0 Å². The number of rotatable bonds is 1. The van der Waals surface area contributed by atoms with Crippen molar-refractivity contribution in [2.24, 2.45) is 5.92 Å². The summed E-state index contributed by atoms with van der Waals surface area (Å²) in [6.07, 6.45) is 1.86. The first-order valence-electron chi connectivity index (χ1n) is 3.75. The zero-order chi connectivity index (χ0) is 8.27. The number of ketones is 1. The van der Waals surface area contributed by atoms with Gasteiger partial charge in [-0.3, -0.25) is 4.79 Å². The summed E-state index contributed by atoms with van der Waals surface area (Å²) in [5, 5.41) is 0. The molecule has 1 fully saturated rings.